The molecule has 35 heavy (non-hydrogen) atoms. The third-order valence-electron chi connectivity index (χ3n) is 6.93. The first kappa shape index (κ1) is 21.6. The summed E-state index contributed by atoms with van der Waals surface area (Å²) in [5, 5.41) is 8.95. The van der Waals surface area contributed by atoms with Crippen molar-refractivity contribution in [3.05, 3.63) is 69.0 Å². The van der Waals surface area contributed by atoms with E-state index in [1.165, 1.54) is 0 Å². The van der Waals surface area contributed by atoms with Gasteiger partial charge in [0, 0.05) is 61.6 Å². The van der Waals surface area contributed by atoms with E-state index >= 15 is 0 Å². The Labute approximate surface area is 199 Å². The molecule has 0 fully saturated rings. The minimum absolute atomic E-state index is 0.164. The van der Waals surface area contributed by atoms with Crippen LogP contribution >= 0.6 is 0 Å². The molecule has 4 aromatic heterocycles. The second-order valence-corrected chi connectivity index (χ2v) is 9.02. The number of fused-ring (bicyclic) bond motifs is 3. The molecule has 0 aliphatic carbocycles. The number of aromatic nitrogens is 6. The van der Waals surface area contributed by atoms with Gasteiger partial charge in [-0.2, -0.15) is 9.61 Å². The van der Waals surface area contributed by atoms with Gasteiger partial charge in [0.05, 0.1) is 18.1 Å². The van der Waals surface area contributed by atoms with Gasteiger partial charge in [-0.15, -0.1) is 5.10 Å². The van der Waals surface area contributed by atoms with Gasteiger partial charge in [-0.3, -0.25) is 9.78 Å². The van der Waals surface area contributed by atoms with Crippen molar-refractivity contribution in [2.24, 2.45) is 0 Å². The molecule has 0 spiro atoms. The van der Waals surface area contributed by atoms with Crippen molar-refractivity contribution in [3.8, 4) is 0 Å². The van der Waals surface area contributed by atoms with Crippen LogP contribution in [0.5, 0.6) is 0 Å². The zero-order valence-electron chi connectivity index (χ0n) is 19.4. The Balaban J connectivity index is 1.37. The summed E-state index contributed by atoms with van der Waals surface area (Å²) in [6, 6.07) is 5.04. The number of halogens is 2. The molecule has 0 saturated carbocycles. The van der Waals surface area contributed by atoms with Crippen LogP contribution in [0.3, 0.4) is 0 Å². The Morgan fingerprint density at radius 1 is 1.09 bits per heavy atom. The molecular weight excluding hydrogens is 454 g/mol. The third kappa shape index (κ3) is 3.53. The lowest BCUT2D eigenvalue weighted by atomic mass is 10.0. The van der Waals surface area contributed by atoms with E-state index in [0.717, 1.165) is 64.8 Å². The van der Waals surface area contributed by atoms with Crippen LogP contribution < -0.4 is 15.4 Å². The lowest BCUT2D eigenvalue weighted by Gasteiger charge is -2.33. The van der Waals surface area contributed by atoms with E-state index in [1.807, 2.05) is 30.1 Å². The topological polar surface area (TPSA) is 84.5 Å². The molecule has 0 bridgehead atoms. The maximum Gasteiger partial charge on any atom is 0.280 e. The van der Waals surface area contributed by atoms with Crippen LogP contribution in [0.1, 0.15) is 40.9 Å². The average molecular weight is 479 g/mol. The molecule has 11 heteroatoms. The predicted octanol–water partition coefficient (Wildman–Crippen LogP) is 3.34. The Morgan fingerprint density at radius 2 is 1.94 bits per heavy atom. The van der Waals surface area contributed by atoms with Crippen molar-refractivity contribution in [2.75, 3.05) is 22.9 Å². The third-order valence-corrected chi connectivity index (χ3v) is 6.93. The van der Waals surface area contributed by atoms with Crippen LogP contribution in [0.25, 0.3) is 5.65 Å². The van der Waals surface area contributed by atoms with Crippen LogP contribution in [-0.4, -0.2) is 42.5 Å². The van der Waals surface area contributed by atoms with Gasteiger partial charge in [0.25, 0.3) is 12.0 Å². The Kier molecular flexibility index (Phi) is 5.01. The van der Waals surface area contributed by atoms with Crippen molar-refractivity contribution >= 4 is 23.0 Å². The normalized spacial score (nSPS) is 15.6. The zero-order valence-corrected chi connectivity index (χ0v) is 19.4. The molecule has 0 atom stereocenters. The fraction of sp³-hybridized carbons (Fsp3) is 0.375. The van der Waals surface area contributed by atoms with Crippen LogP contribution in [0.2, 0.25) is 0 Å². The van der Waals surface area contributed by atoms with E-state index in [-0.39, 0.29) is 5.65 Å². The lowest BCUT2D eigenvalue weighted by Crippen LogP contribution is -2.34. The SMILES string of the molecule is Cc1c(N2CCc3ncc(N4CCCn5nccc54)cc3C2)nn2c(=O)cc(C(F)F)nc2c1C. The van der Waals surface area contributed by atoms with E-state index in [1.54, 1.807) is 6.92 Å². The smallest absolute Gasteiger partial charge is 0.280 e. The van der Waals surface area contributed by atoms with E-state index in [2.05, 4.69) is 31.0 Å². The van der Waals surface area contributed by atoms with Gasteiger partial charge >= 0.3 is 0 Å². The molecule has 6 heterocycles. The summed E-state index contributed by atoms with van der Waals surface area (Å²) in [7, 11) is 0. The van der Waals surface area contributed by atoms with E-state index in [4.69, 9.17) is 4.98 Å². The first-order valence-electron chi connectivity index (χ1n) is 11.6. The molecule has 9 nitrogen and oxygen atoms in total. The highest BCUT2D eigenvalue weighted by molar-refractivity contribution is 5.63. The van der Waals surface area contributed by atoms with Crippen LogP contribution in [0, 0.1) is 13.8 Å². The van der Waals surface area contributed by atoms with E-state index < -0.39 is 17.7 Å². The number of nitrogens with zero attached hydrogens (tertiary/aromatic N) is 8. The molecule has 0 unspecified atom stereocenters. The molecular formula is C24H24F2N8O. The molecule has 2 aliphatic rings. The molecule has 0 aromatic carbocycles. The van der Waals surface area contributed by atoms with Gasteiger partial charge in [-0.05, 0) is 31.9 Å². The second-order valence-electron chi connectivity index (χ2n) is 9.02. The number of aryl methyl sites for hydroxylation is 2. The quantitative estimate of drug-likeness (QED) is 0.447. The largest absolute Gasteiger partial charge is 0.350 e. The van der Waals surface area contributed by atoms with Crippen molar-refractivity contribution in [1.29, 1.82) is 0 Å². The average Bonchev–Trinajstić information content (AvgIpc) is 3.35. The summed E-state index contributed by atoms with van der Waals surface area (Å²) in [5.41, 5.74) is 3.66. The van der Waals surface area contributed by atoms with Crippen molar-refractivity contribution in [2.45, 2.75) is 46.2 Å². The summed E-state index contributed by atoms with van der Waals surface area (Å²) in [5.74, 6) is 1.71. The number of anilines is 3. The summed E-state index contributed by atoms with van der Waals surface area (Å²) in [4.78, 5) is 25.7. The maximum absolute atomic E-state index is 13.2. The molecule has 180 valence electrons. The predicted molar refractivity (Wildman–Crippen MR) is 127 cm³/mol. The second kappa shape index (κ2) is 8.10. The molecule has 0 amide bonds. The Hall–Kier alpha value is -3.89. The minimum Gasteiger partial charge on any atom is -0.350 e. The molecule has 4 aromatic rings. The van der Waals surface area contributed by atoms with E-state index in [0.29, 0.717) is 24.5 Å². The summed E-state index contributed by atoms with van der Waals surface area (Å²) >= 11 is 0. The molecule has 6 rings (SSSR count). The maximum atomic E-state index is 13.2. The molecule has 0 N–H and O–H groups in total. The monoisotopic (exact) mass is 478 g/mol. The molecule has 0 saturated heterocycles. The standard InChI is InChI=1S/C24H24F2N8O/c1-14-15(2)24(30-34-21(35)11-19(22(25)26)29-23(14)34)31-9-5-18-16(13-31)10-17(12-27-18)32-7-3-8-33-20(32)4-6-28-33/h4,6,10-12,22H,3,5,7-9,13H2,1-2H3. The summed E-state index contributed by atoms with van der Waals surface area (Å²) in [6.07, 6.45) is 2.67. The van der Waals surface area contributed by atoms with Gasteiger partial charge < -0.3 is 9.80 Å². The van der Waals surface area contributed by atoms with Crippen molar-refractivity contribution < 1.29 is 8.78 Å². The number of hydrogen-bond acceptors (Lipinski definition) is 7. The van der Waals surface area contributed by atoms with Gasteiger partial charge in [0.1, 0.15) is 11.5 Å². The summed E-state index contributed by atoms with van der Waals surface area (Å²) in [6.45, 7) is 6.75. The minimum atomic E-state index is -2.81. The Bertz CT molecular complexity index is 1510. The number of hydrogen-bond donors (Lipinski definition) is 0. The first-order chi connectivity index (χ1) is 16.9. The number of pyridine rings is 1. The lowest BCUT2D eigenvalue weighted by molar-refractivity contribution is 0.146. The summed E-state index contributed by atoms with van der Waals surface area (Å²) < 4.78 is 29.5. The van der Waals surface area contributed by atoms with Crippen LogP contribution in [0.15, 0.2) is 35.4 Å². The molecule has 2 aliphatic heterocycles. The fourth-order valence-corrected chi connectivity index (χ4v) is 4.97. The number of rotatable bonds is 3. The van der Waals surface area contributed by atoms with Gasteiger partial charge in [0.15, 0.2) is 11.5 Å². The van der Waals surface area contributed by atoms with Crippen molar-refractivity contribution in [1.82, 2.24) is 29.4 Å². The fourth-order valence-electron chi connectivity index (χ4n) is 4.97. The van der Waals surface area contributed by atoms with Gasteiger partial charge in [0.2, 0.25) is 0 Å². The highest BCUT2D eigenvalue weighted by atomic mass is 19.3. The van der Waals surface area contributed by atoms with Crippen LogP contribution in [0.4, 0.5) is 26.1 Å². The van der Waals surface area contributed by atoms with Gasteiger partial charge in [-0.25, -0.2) is 18.4 Å². The highest BCUT2D eigenvalue weighted by Crippen LogP contribution is 2.32. The zero-order chi connectivity index (χ0) is 24.3. The van der Waals surface area contributed by atoms with E-state index in [9.17, 15) is 13.6 Å². The number of alkyl halides is 2. The van der Waals surface area contributed by atoms with Crippen LogP contribution in [-0.2, 0) is 19.5 Å². The first-order valence-corrected chi connectivity index (χ1v) is 11.6. The van der Waals surface area contributed by atoms with Crippen molar-refractivity contribution in [3.63, 3.8) is 0 Å². The van der Waals surface area contributed by atoms with Gasteiger partial charge in [-0.1, -0.05) is 0 Å². The molecule has 0 radical (unpaired) electrons. The Morgan fingerprint density at radius 3 is 2.77 bits per heavy atom. The highest BCUT2D eigenvalue weighted by Gasteiger charge is 2.25.